The zero-order valence-corrected chi connectivity index (χ0v) is 9.37. The van der Waals surface area contributed by atoms with Gasteiger partial charge in [0.15, 0.2) is 11.6 Å². The lowest BCUT2D eigenvalue weighted by atomic mass is 9.99. The zero-order chi connectivity index (χ0) is 13.1. The Balaban J connectivity index is 2.54. The number of hydrogen-bond donors (Lipinski definition) is 2. The van der Waals surface area contributed by atoms with Crippen molar-refractivity contribution in [3.05, 3.63) is 29.8 Å². The molecule has 0 aromatic heterocycles. The molecule has 1 amide bonds. The van der Waals surface area contributed by atoms with E-state index in [0.29, 0.717) is 6.07 Å². The first kappa shape index (κ1) is 13.4. The Labute approximate surface area is 97.5 Å². The normalized spacial score (nSPS) is 14.1. The quantitative estimate of drug-likeness (QED) is 0.809. The molecular weight excluding hydrogens is 230 g/mol. The summed E-state index contributed by atoms with van der Waals surface area (Å²) in [6.07, 6.45) is 0.138. The highest BCUT2D eigenvalue weighted by Gasteiger charge is 2.25. The predicted octanol–water partition coefficient (Wildman–Crippen LogP) is 0.936. The van der Waals surface area contributed by atoms with E-state index >= 15 is 0 Å². The highest BCUT2D eigenvalue weighted by atomic mass is 19.1. The molecule has 0 aliphatic rings. The molecule has 1 aromatic carbocycles. The van der Waals surface area contributed by atoms with E-state index in [1.54, 1.807) is 0 Å². The van der Waals surface area contributed by atoms with Crippen LogP contribution in [0.25, 0.3) is 0 Å². The molecule has 1 unspecified atom stereocenters. The van der Waals surface area contributed by atoms with Crippen LogP contribution in [0.2, 0.25) is 0 Å². The van der Waals surface area contributed by atoms with Crippen molar-refractivity contribution in [1.29, 1.82) is 0 Å². The summed E-state index contributed by atoms with van der Waals surface area (Å²) in [7, 11) is 0. The van der Waals surface area contributed by atoms with Crippen LogP contribution in [0.3, 0.4) is 0 Å². The number of ether oxygens (including phenoxy) is 1. The molecule has 0 aliphatic carbocycles. The number of carbonyl (C=O) groups is 1. The molecule has 0 aliphatic heterocycles. The van der Waals surface area contributed by atoms with Crippen molar-refractivity contribution >= 4 is 5.91 Å². The van der Waals surface area contributed by atoms with Gasteiger partial charge in [-0.15, -0.1) is 0 Å². The maximum absolute atomic E-state index is 13.1. The van der Waals surface area contributed by atoms with E-state index in [1.807, 2.05) is 0 Å². The van der Waals surface area contributed by atoms with Gasteiger partial charge in [-0.1, -0.05) is 0 Å². The molecule has 0 saturated heterocycles. The summed E-state index contributed by atoms with van der Waals surface area (Å²) in [5.74, 6) is -2.24. The van der Waals surface area contributed by atoms with Gasteiger partial charge in [-0.25, -0.2) is 8.78 Å². The maximum Gasteiger partial charge on any atom is 0.237 e. The van der Waals surface area contributed by atoms with E-state index in [2.05, 4.69) is 0 Å². The minimum absolute atomic E-state index is 0.0124. The Bertz CT molecular complexity index is 422. The Morgan fingerprint density at radius 3 is 2.65 bits per heavy atom. The van der Waals surface area contributed by atoms with Gasteiger partial charge in [0.1, 0.15) is 5.82 Å². The first-order chi connectivity index (χ1) is 7.83. The van der Waals surface area contributed by atoms with Crippen LogP contribution < -0.4 is 16.2 Å². The molecule has 1 aromatic rings. The van der Waals surface area contributed by atoms with Crippen LogP contribution in [0.5, 0.6) is 5.75 Å². The van der Waals surface area contributed by atoms with E-state index < -0.39 is 23.1 Å². The zero-order valence-electron chi connectivity index (χ0n) is 9.37. The third-order valence-corrected chi connectivity index (χ3v) is 2.34. The van der Waals surface area contributed by atoms with Gasteiger partial charge < -0.3 is 16.2 Å². The van der Waals surface area contributed by atoms with Crippen molar-refractivity contribution < 1.29 is 18.3 Å². The molecule has 0 saturated carbocycles. The molecule has 6 heteroatoms. The number of primary amides is 1. The van der Waals surface area contributed by atoms with Gasteiger partial charge in [0, 0.05) is 12.5 Å². The van der Waals surface area contributed by atoms with Crippen LogP contribution in [0, 0.1) is 11.6 Å². The third kappa shape index (κ3) is 3.67. The molecular formula is C11H14F2N2O2. The summed E-state index contributed by atoms with van der Waals surface area (Å²) in [5, 5.41) is 0. The molecule has 0 heterocycles. The first-order valence-corrected chi connectivity index (χ1v) is 4.99. The monoisotopic (exact) mass is 244 g/mol. The maximum atomic E-state index is 13.1. The van der Waals surface area contributed by atoms with Crippen molar-refractivity contribution in [3.8, 4) is 5.75 Å². The van der Waals surface area contributed by atoms with Gasteiger partial charge in [0.05, 0.1) is 12.1 Å². The standard InChI is InChI=1S/C11H14F2N2O2/c1-11(15,10(14)16)4-5-17-9-3-2-7(12)6-8(9)13/h2-3,6H,4-5,15H2,1H3,(H2,14,16). The first-order valence-electron chi connectivity index (χ1n) is 4.99. The molecule has 1 rings (SSSR count). The highest BCUT2D eigenvalue weighted by Crippen LogP contribution is 2.18. The number of carbonyl (C=O) groups excluding carboxylic acids is 1. The summed E-state index contributed by atoms with van der Waals surface area (Å²) < 4.78 is 30.8. The van der Waals surface area contributed by atoms with Gasteiger partial charge in [-0.3, -0.25) is 4.79 Å². The highest BCUT2D eigenvalue weighted by molar-refractivity contribution is 5.83. The van der Waals surface area contributed by atoms with Crippen LogP contribution in [0.4, 0.5) is 8.78 Å². The van der Waals surface area contributed by atoms with Crippen molar-refractivity contribution in [2.75, 3.05) is 6.61 Å². The van der Waals surface area contributed by atoms with Gasteiger partial charge >= 0.3 is 0 Å². The summed E-state index contributed by atoms with van der Waals surface area (Å²) in [4.78, 5) is 10.9. The van der Waals surface area contributed by atoms with Crippen LogP contribution in [-0.2, 0) is 4.79 Å². The number of hydrogen-bond acceptors (Lipinski definition) is 3. The number of nitrogens with two attached hydrogens (primary N) is 2. The Morgan fingerprint density at radius 2 is 2.12 bits per heavy atom. The number of benzene rings is 1. The van der Waals surface area contributed by atoms with Crippen LogP contribution >= 0.6 is 0 Å². The predicted molar refractivity (Wildman–Crippen MR) is 58.3 cm³/mol. The fourth-order valence-corrected chi connectivity index (χ4v) is 1.09. The SMILES string of the molecule is CC(N)(CCOc1ccc(F)cc1F)C(N)=O. The second-order valence-corrected chi connectivity index (χ2v) is 3.95. The molecule has 17 heavy (non-hydrogen) atoms. The minimum atomic E-state index is -1.21. The molecule has 1 atom stereocenters. The van der Waals surface area contributed by atoms with E-state index in [0.717, 1.165) is 6.07 Å². The smallest absolute Gasteiger partial charge is 0.237 e. The topological polar surface area (TPSA) is 78.3 Å². The molecule has 0 fully saturated rings. The number of rotatable bonds is 5. The second kappa shape index (κ2) is 5.09. The molecule has 0 bridgehead atoms. The molecule has 4 nitrogen and oxygen atoms in total. The number of halogens is 2. The lowest BCUT2D eigenvalue weighted by Gasteiger charge is -2.20. The van der Waals surface area contributed by atoms with E-state index in [9.17, 15) is 13.6 Å². The summed E-state index contributed by atoms with van der Waals surface area (Å²) >= 11 is 0. The Morgan fingerprint density at radius 1 is 1.47 bits per heavy atom. The second-order valence-electron chi connectivity index (χ2n) is 3.95. The Hall–Kier alpha value is -1.69. The third-order valence-electron chi connectivity index (χ3n) is 2.34. The van der Waals surface area contributed by atoms with Crippen LogP contribution in [-0.4, -0.2) is 18.1 Å². The van der Waals surface area contributed by atoms with Crippen LogP contribution in [0.1, 0.15) is 13.3 Å². The largest absolute Gasteiger partial charge is 0.490 e. The van der Waals surface area contributed by atoms with E-state index in [1.165, 1.54) is 13.0 Å². The summed E-state index contributed by atoms with van der Waals surface area (Å²) in [6, 6.07) is 2.96. The molecule has 0 spiro atoms. The average molecular weight is 244 g/mol. The minimum Gasteiger partial charge on any atom is -0.490 e. The summed E-state index contributed by atoms with van der Waals surface area (Å²) in [5.41, 5.74) is 9.42. The van der Waals surface area contributed by atoms with Crippen molar-refractivity contribution in [3.63, 3.8) is 0 Å². The van der Waals surface area contributed by atoms with Crippen molar-refractivity contribution in [2.24, 2.45) is 11.5 Å². The van der Waals surface area contributed by atoms with Gasteiger partial charge in [0.25, 0.3) is 0 Å². The fraction of sp³-hybridized carbons (Fsp3) is 0.364. The average Bonchev–Trinajstić information content (AvgIpc) is 2.21. The lowest BCUT2D eigenvalue weighted by Crippen LogP contribution is -2.50. The van der Waals surface area contributed by atoms with Crippen molar-refractivity contribution in [2.45, 2.75) is 18.9 Å². The lowest BCUT2D eigenvalue weighted by molar-refractivity contribution is -0.123. The van der Waals surface area contributed by atoms with Gasteiger partial charge in [0.2, 0.25) is 5.91 Å². The molecule has 94 valence electrons. The fourth-order valence-electron chi connectivity index (χ4n) is 1.09. The van der Waals surface area contributed by atoms with E-state index in [-0.39, 0.29) is 18.8 Å². The van der Waals surface area contributed by atoms with E-state index in [4.69, 9.17) is 16.2 Å². The van der Waals surface area contributed by atoms with Crippen molar-refractivity contribution in [1.82, 2.24) is 0 Å². The summed E-state index contributed by atoms with van der Waals surface area (Å²) in [6.45, 7) is 1.47. The van der Waals surface area contributed by atoms with Crippen LogP contribution in [0.15, 0.2) is 18.2 Å². The van der Waals surface area contributed by atoms with Gasteiger partial charge in [-0.2, -0.15) is 0 Å². The Kier molecular flexibility index (Phi) is 4.01. The number of amides is 1. The molecule has 0 radical (unpaired) electrons. The molecule has 4 N–H and O–H groups in total. The van der Waals surface area contributed by atoms with Gasteiger partial charge in [-0.05, 0) is 19.1 Å².